The molecule has 0 bridgehead atoms. The lowest BCUT2D eigenvalue weighted by molar-refractivity contribution is 1.36. The van der Waals surface area contributed by atoms with Gasteiger partial charge in [-0.05, 0) is 30.7 Å². The van der Waals surface area contributed by atoms with Crippen molar-refractivity contribution in [3.05, 3.63) is 0 Å². The van der Waals surface area contributed by atoms with E-state index in [1.54, 1.807) is 0 Å². The molecule has 0 rings (SSSR count). The molecule has 0 unspecified atom stereocenters. The van der Waals surface area contributed by atoms with E-state index in [1.165, 1.54) is 11.8 Å². The molecule has 0 aliphatic heterocycles. The van der Waals surface area contributed by atoms with Crippen molar-refractivity contribution in [2.45, 2.75) is 0 Å². The summed E-state index contributed by atoms with van der Waals surface area (Å²) in [6, 6.07) is 0. The normalized spacial score (nSPS) is 6.44. The largest absolute Gasteiger partial charge is 0.325 e. The Morgan fingerprint density at radius 1 is 1.67 bits per heavy atom. The van der Waals surface area contributed by atoms with Gasteiger partial charge in [-0.25, -0.2) is 0 Å². The van der Waals surface area contributed by atoms with Crippen molar-refractivity contribution in [2.75, 3.05) is 12.8 Å². The van der Waals surface area contributed by atoms with Crippen LogP contribution in [-0.4, -0.2) is 21.3 Å². The van der Waals surface area contributed by atoms with Gasteiger partial charge < -0.3 is 5.73 Å². The zero-order valence-electron chi connectivity index (χ0n) is 4.92. The Morgan fingerprint density at radius 2 is 2.00 bits per heavy atom. The molecule has 0 saturated heterocycles. The maximum absolute atomic E-state index is 5.12. The van der Waals surface area contributed by atoms with Crippen LogP contribution in [0.3, 0.4) is 0 Å². The lowest BCUT2D eigenvalue weighted by atomic mass is 10.8. The van der Waals surface area contributed by atoms with E-state index in [-0.39, 0.29) is 0 Å². The van der Waals surface area contributed by atoms with E-state index in [2.05, 4.69) is 24.4 Å². The molecule has 2 N–H and O–H groups in total. The molecule has 0 aromatic rings. The smallest absolute Gasteiger partial charge is 0.0612 e. The van der Waals surface area contributed by atoms with Gasteiger partial charge in [0.25, 0.3) is 0 Å². The summed E-state index contributed by atoms with van der Waals surface area (Å²) >= 11 is 14.1. The molecule has 0 atom stereocenters. The molecule has 0 saturated carbocycles. The van der Waals surface area contributed by atoms with Crippen LogP contribution in [0, 0.1) is 0 Å². The van der Waals surface area contributed by atoms with Gasteiger partial charge in [-0.3, -0.25) is 0 Å². The van der Waals surface area contributed by atoms with Gasteiger partial charge >= 0.3 is 0 Å². The minimum absolute atomic E-state index is 0.524. The van der Waals surface area contributed by atoms with E-state index in [9.17, 15) is 0 Å². The minimum Gasteiger partial charge on any atom is -0.325 e. The maximum atomic E-state index is 5.12. The summed E-state index contributed by atoms with van der Waals surface area (Å²) in [7, 11) is 0. The van der Waals surface area contributed by atoms with Crippen molar-refractivity contribution in [2.24, 2.45) is 5.73 Å². The van der Waals surface area contributed by atoms with Crippen molar-refractivity contribution < 1.29 is 0 Å². The number of thiocarbonyl (C=S) groups is 3. The first-order chi connectivity index (χ1) is 4.22. The standard InChI is InChI=1S/C3H7NS2.CS2/c1-6-3(5)2-4;2-1-3/h2,4H2,1H3;. The lowest BCUT2D eigenvalue weighted by Gasteiger charge is -1.86. The third kappa shape index (κ3) is 17.7. The second kappa shape index (κ2) is 11.4. The molecule has 0 aromatic carbocycles. The molecule has 0 heterocycles. The summed E-state index contributed by atoms with van der Waals surface area (Å²) in [4.78, 5) is 0. The second-order valence-electron chi connectivity index (χ2n) is 0.864. The Morgan fingerprint density at radius 3 is 2.00 bits per heavy atom. The Kier molecular flexibility index (Phi) is 15.6. The predicted octanol–water partition coefficient (Wildman–Crippen LogP) is 1.65. The van der Waals surface area contributed by atoms with Crippen molar-refractivity contribution in [3.63, 3.8) is 0 Å². The fraction of sp³-hybridized carbons (Fsp3) is 0.500. The Labute approximate surface area is 75.4 Å². The van der Waals surface area contributed by atoms with Gasteiger partial charge in [-0.15, -0.1) is 11.8 Å². The quantitative estimate of drug-likeness (QED) is 0.645. The number of thioether (sulfide) groups is 1. The van der Waals surface area contributed by atoms with E-state index in [0.717, 1.165) is 4.20 Å². The third-order valence-corrected chi connectivity index (χ3v) is 1.68. The predicted molar refractivity (Wildman–Crippen MR) is 55.4 cm³/mol. The van der Waals surface area contributed by atoms with Crippen LogP contribution in [0.25, 0.3) is 0 Å². The van der Waals surface area contributed by atoms with Crippen LogP contribution in [0.4, 0.5) is 0 Å². The molecular formula is C4H7NS4. The summed E-state index contributed by atoms with van der Waals surface area (Å²) < 4.78 is 2.79. The highest BCUT2D eigenvalue weighted by Gasteiger charge is 1.81. The first kappa shape index (κ1) is 12.3. The van der Waals surface area contributed by atoms with Crippen molar-refractivity contribution >= 4 is 56.9 Å². The van der Waals surface area contributed by atoms with Gasteiger partial charge in [0.05, 0.1) is 4.20 Å². The molecule has 0 fully saturated rings. The molecule has 0 spiro atoms. The van der Waals surface area contributed by atoms with Crippen LogP contribution in [-0.2, 0) is 0 Å². The van der Waals surface area contributed by atoms with E-state index >= 15 is 0 Å². The highest BCUT2D eigenvalue weighted by atomic mass is 32.2. The van der Waals surface area contributed by atoms with E-state index in [4.69, 9.17) is 18.0 Å². The molecule has 0 aliphatic carbocycles. The highest BCUT2D eigenvalue weighted by Crippen LogP contribution is 1.92. The van der Waals surface area contributed by atoms with Crippen LogP contribution in [0.5, 0.6) is 0 Å². The maximum Gasteiger partial charge on any atom is 0.0612 e. The highest BCUT2D eigenvalue weighted by molar-refractivity contribution is 8.22. The van der Waals surface area contributed by atoms with Gasteiger partial charge in [0.1, 0.15) is 0 Å². The zero-order valence-corrected chi connectivity index (χ0v) is 8.18. The third-order valence-electron chi connectivity index (χ3n) is 0.394. The molecule has 0 aromatic heterocycles. The molecule has 0 aliphatic rings. The fourth-order valence-corrected chi connectivity index (χ4v) is 0.250. The summed E-state index contributed by atoms with van der Waals surface area (Å²) in [5.74, 6) is 0. The average molecular weight is 197 g/mol. The molecule has 1 nitrogen and oxygen atoms in total. The fourth-order valence-electron chi connectivity index (χ4n) is 0.0833. The first-order valence-electron chi connectivity index (χ1n) is 1.99. The number of nitrogens with two attached hydrogens (primary N) is 1. The topological polar surface area (TPSA) is 26.0 Å². The SMILES string of the molecule is CSC(=S)CN.S=C=S. The monoisotopic (exact) mass is 197 g/mol. The van der Waals surface area contributed by atoms with Crippen LogP contribution in [0.2, 0.25) is 0 Å². The second-order valence-corrected chi connectivity index (χ2v) is 3.18. The van der Waals surface area contributed by atoms with Crippen LogP contribution in [0.1, 0.15) is 0 Å². The summed E-state index contributed by atoms with van der Waals surface area (Å²) in [6.07, 6.45) is 1.93. The van der Waals surface area contributed by atoms with Crippen LogP contribution >= 0.6 is 48.4 Å². The Bertz CT molecular complexity index is 99.1. The number of hydrogen-bond acceptors (Lipinski definition) is 5. The van der Waals surface area contributed by atoms with Gasteiger partial charge in [-0.1, -0.05) is 12.2 Å². The van der Waals surface area contributed by atoms with Crippen LogP contribution < -0.4 is 5.73 Å². The summed E-state index contributed by atoms with van der Waals surface area (Å²) in [6.45, 7) is 0.524. The van der Waals surface area contributed by atoms with Gasteiger partial charge in [-0.2, -0.15) is 0 Å². The minimum atomic E-state index is 0.524. The van der Waals surface area contributed by atoms with Crippen molar-refractivity contribution in [1.82, 2.24) is 0 Å². The zero-order chi connectivity index (χ0) is 7.70. The first-order valence-corrected chi connectivity index (χ1v) is 4.44. The van der Waals surface area contributed by atoms with E-state index in [1.807, 2.05) is 10.6 Å². The van der Waals surface area contributed by atoms with Crippen LogP contribution in [0.15, 0.2) is 0 Å². The number of hydrogen-bond donors (Lipinski definition) is 1. The van der Waals surface area contributed by atoms with E-state index < -0.39 is 0 Å². The Hall–Kier alpha value is 0.620. The molecule has 5 heteroatoms. The Balaban J connectivity index is 0. The summed E-state index contributed by atoms with van der Waals surface area (Å²) in [5, 5.41) is 0. The average Bonchev–Trinajstić information content (AvgIpc) is 1.88. The van der Waals surface area contributed by atoms with Gasteiger partial charge in [0.15, 0.2) is 0 Å². The molecule has 52 valence electrons. The van der Waals surface area contributed by atoms with Crippen molar-refractivity contribution in [3.8, 4) is 0 Å². The molecule has 0 radical (unpaired) electrons. The molecule has 9 heavy (non-hydrogen) atoms. The molecular weight excluding hydrogens is 190 g/mol. The van der Waals surface area contributed by atoms with Gasteiger partial charge in [0.2, 0.25) is 0 Å². The summed E-state index contributed by atoms with van der Waals surface area (Å²) in [5.41, 5.74) is 5.12. The van der Waals surface area contributed by atoms with Crippen molar-refractivity contribution in [1.29, 1.82) is 0 Å². The van der Waals surface area contributed by atoms with E-state index in [0.29, 0.717) is 6.54 Å². The lowest BCUT2D eigenvalue weighted by Crippen LogP contribution is -2.05. The van der Waals surface area contributed by atoms with Gasteiger partial charge in [0, 0.05) is 10.9 Å². The number of rotatable bonds is 1. The molecule has 0 amide bonds.